The van der Waals surface area contributed by atoms with Gasteiger partial charge < -0.3 is 0 Å². The van der Waals surface area contributed by atoms with Gasteiger partial charge in [0.1, 0.15) is 0 Å². The standard InChI is InChI=1S/C4H9As.2BrH/c1-4(2,3)5;;/h1-3H3;2*1H. The molecule has 0 rings (SSSR count). The molecular weight excluding hydrogens is 283 g/mol. The summed E-state index contributed by atoms with van der Waals surface area (Å²) in [4.78, 5) is 0. The van der Waals surface area contributed by atoms with Crippen LogP contribution >= 0.6 is 34.0 Å². The monoisotopic (exact) mass is 292 g/mol. The van der Waals surface area contributed by atoms with Gasteiger partial charge in [0.25, 0.3) is 0 Å². The van der Waals surface area contributed by atoms with Gasteiger partial charge in [-0.3, -0.25) is 0 Å². The topological polar surface area (TPSA) is 0 Å². The Kier molecular flexibility index (Phi) is 12.8. The number of hydrogen-bond donors (Lipinski definition) is 0. The van der Waals surface area contributed by atoms with Crippen molar-refractivity contribution in [2.45, 2.75) is 25.0 Å². The van der Waals surface area contributed by atoms with E-state index in [4.69, 9.17) is 0 Å². The molecule has 3 heteroatoms. The molecule has 0 saturated carbocycles. The minimum atomic E-state index is 0. The van der Waals surface area contributed by atoms with Crippen molar-refractivity contribution in [2.75, 3.05) is 0 Å². The van der Waals surface area contributed by atoms with Crippen molar-refractivity contribution < 1.29 is 0 Å². The summed E-state index contributed by atoms with van der Waals surface area (Å²) < 4.78 is 0.438. The SMILES string of the molecule is Br.Br.CC(C)(C)[As]. The fraction of sp³-hybridized carbons (Fsp3) is 1.00. The van der Waals surface area contributed by atoms with Crippen molar-refractivity contribution in [3.05, 3.63) is 0 Å². The normalized spacial score (nSPS) is 8.57. The Bertz CT molecular complexity index is 25.2. The van der Waals surface area contributed by atoms with Crippen LogP contribution in [-0.4, -0.2) is 16.9 Å². The third-order valence-electron chi connectivity index (χ3n) is 0. The molecule has 0 spiro atoms. The molecule has 0 nitrogen and oxygen atoms in total. The maximum atomic E-state index is 2.58. The molecule has 0 aliphatic heterocycles. The Hall–Kier alpha value is 1.52. The average molecular weight is 294 g/mol. The van der Waals surface area contributed by atoms with Crippen LogP contribution in [0.4, 0.5) is 0 Å². The van der Waals surface area contributed by atoms with E-state index in [1.165, 1.54) is 0 Å². The molecule has 2 radical (unpaired) electrons. The molecule has 7 heavy (non-hydrogen) atoms. The zero-order chi connectivity index (χ0) is 4.50. The van der Waals surface area contributed by atoms with Crippen LogP contribution in [0.25, 0.3) is 0 Å². The van der Waals surface area contributed by atoms with Crippen LogP contribution in [0.5, 0.6) is 0 Å². The Morgan fingerprint density at radius 1 is 1.00 bits per heavy atom. The van der Waals surface area contributed by atoms with E-state index in [2.05, 4.69) is 37.6 Å². The predicted molar refractivity (Wildman–Crippen MR) is 46.1 cm³/mol. The Labute approximate surface area is 75.5 Å². The van der Waals surface area contributed by atoms with E-state index in [-0.39, 0.29) is 34.0 Å². The Balaban J connectivity index is -0.0000000800. The molecule has 0 fully saturated rings. The van der Waals surface area contributed by atoms with Crippen LogP contribution in [0.3, 0.4) is 0 Å². The first-order chi connectivity index (χ1) is 2.00. The average Bonchev–Trinajstić information content (AvgIpc) is 0.722. The van der Waals surface area contributed by atoms with Gasteiger partial charge in [0.2, 0.25) is 0 Å². The summed E-state index contributed by atoms with van der Waals surface area (Å²) >= 11 is 2.58. The minimum absolute atomic E-state index is 0. The van der Waals surface area contributed by atoms with Gasteiger partial charge in [-0.2, -0.15) is 0 Å². The summed E-state index contributed by atoms with van der Waals surface area (Å²) in [5.41, 5.74) is 0. The quantitative estimate of drug-likeness (QED) is 0.602. The first-order valence-electron chi connectivity index (χ1n) is 1.72. The molecule has 0 heterocycles. The summed E-state index contributed by atoms with van der Waals surface area (Å²) in [5.74, 6) is 0. The maximum absolute atomic E-state index is 2.58. The van der Waals surface area contributed by atoms with Crippen molar-refractivity contribution in [3.8, 4) is 0 Å². The van der Waals surface area contributed by atoms with E-state index in [0.29, 0.717) is 4.20 Å². The van der Waals surface area contributed by atoms with Crippen molar-refractivity contribution >= 4 is 50.8 Å². The predicted octanol–water partition coefficient (Wildman–Crippen LogP) is 2.53. The molecule has 0 unspecified atom stereocenters. The van der Waals surface area contributed by atoms with Crippen LogP contribution in [0.1, 0.15) is 20.8 Å². The van der Waals surface area contributed by atoms with Crippen LogP contribution in [0.15, 0.2) is 0 Å². The second-order valence-electron chi connectivity index (χ2n) is 2.17. The number of rotatable bonds is 0. The van der Waals surface area contributed by atoms with E-state index in [1.807, 2.05) is 0 Å². The first-order valence-corrected chi connectivity index (χ1v) is 2.66. The molecule has 0 aliphatic carbocycles. The van der Waals surface area contributed by atoms with Gasteiger partial charge in [-0.15, -0.1) is 34.0 Å². The van der Waals surface area contributed by atoms with Crippen molar-refractivity contribution in [2.24, 2.45) is 0 Å². The van der Waals surface area contributed by atoms with Gasteiger partial charge >= 0.3 is 41.8 Å². The van der Waals surface area contributed by atoms with Crippen LogP contribution in [-0.2, 0) is 0 Å². The van der Waals surface area contributed by atoms with Crippen molar-refractivity contribution in [1.82, 2.24) is 0 Å². The molecule has 0 aliphatic rings. The molecule has 0 amide bonds. The fourth-order valence-corrected chi connectivity index (χ4v) is 0. The van der Waals surface area contributed by atoms with Crippen LogP contribution in [0.2, 0.25) is 4.20 Å². The Morgan fingerprint density at radius 2 is 1.00 bits per heavy atom. The summed E-state index contributed by atoms with van der Waals surface area (Å²) in [7, 11) is 0. The number of halogens is 2. The van der Waals surface area contributed by atoms with Crippen molar-refractivity contribution in [1.29, 1.82) is 0 Å². The molecule has 0 N–H and O–H groups in total. The zero-order valence-electron chi connectivity index (χ0n) is 4.76. The van der Waals surface area contributed by atoms with E-state index in [9.17, 15) is 0 Å². The fourth-order valence-electron chi connectivity index (χ4n) is 0. The summed E-state index contributed by atoms with van der Waals surface area (Å²) in [5, 5.41) is 0. The molecule has 0 atom stereocenters. The Morgan fingerprint density at radius 3 is 1.00 bits per heavy atom. The van der Waals surface area contributed by atoms with E-state index in [0.717, 1.165) is 0 Å². The van der Waals surface area contributed by atoms with Gasteiger partial charge in [-0.25, -0.2) is 0 Å². The molecule has 0 bridgehead atoms. The number of hydrogen-bond acceptors (Lipinski definition) is 0. The van der Waals surface area contributed by atoms with Gasteiger partial charge in [0.15, 0.2) is 0 Å². The summed E-state index contributed by atoms with van der Waals surface area (Å²) in [6.45, 7) is 6.48. The van der Waals surface area contributed by atoms with Crippen LogP contribution in [0, 0.1) is 0 Å². The molecule has 46 valence electrons. The van der Waals surface area contributed by atoms with E-state index < -0.39 is 0 Å². The molecule has 0 aromatic rings. The second kappa shape index (κ2) is 5.65. The van der Waals surface area contributed by atoms with Gasteiger partial charge in [0.05, 0.1) is 0 Å². The van der Waals surface area contributed by atoms with E-state index >= 15 is 0 Å². The van der Waals surface area contributed by atoms with Gasteiger partial charge in [-0.05, 0) is 0 Å². The molecule has 0 saturated heterocycles. The first kappa shape index (κ1) is 15.8. The zero-order valence-corrected chi connectivity index (χ0v) is 10.1. The molecule has 0 aromatic carbocycles. The molecule has 0 aromatic heterocycles. The van der Waals surface area contributed by atoms with Gasteiger partial charge in [0, 0.05) is 0 Å². The second-order valence-corrected chi connectivity index (χ2v) is 4.99. The molecular formula is C4H11AsBr2. The van der Waals surface area contributed by atoms with Crippen LogP contribution < -0.4 is 0 Å². The third kappa shape index (κ3) is 99.3. The third-order valence-corrected chi connectivity index (χ3v) is 0. The van der Waals surface area contributed by atoms with E-state index in [1.54, 1.807) is 0 Å². The summed E-state index contributed by atoms with van der Waals surface area (Å²) in [6, 6.07) is 0. The summed E-state index contributed by atoms with van der Waals surface area (Å²) in [6.07, 6.45) is 0. The van der Waals surface area contributed by atoms with Crippen molar-refractivity contribution in [3.63, 3.8) is 0 Å². The van der Waals surface area contributed by atoms with Gasteiger partial charge in [-0.1, -0.05) is 0 Å².